The van der Waals surface area contributed by atoms with Crippen LogP contribution in [0.2, 0.25) is 0 Å². The van der Waals surface area contributed by atoms with E-state index >= 15 is 8.78 Å². The van der Waals surface area contributed by atoms with E-state index in [2.05, 4.69) is 25.5 Å². The number of amides is 2. The molecule has 4 heterocycles. The van der Waals surface area contributed by atoms with E-state index < -0.39 is 11.6 Å². The minimum Gasteiger partial charge on any atom is -0.406 e. The molecule has 2 aliphatic heterocycles. The average Bonchev–Trinajstić information content (AvgIpc) is 4.09. The smallest absolute Gasteiger partial charge is 0.321 e. The topological polar surface area (TPSA) is 196 Å². The van der Waals surface area contributed by atoms with Gasteiger partial charge in [-0.3, -0.25) is 24.5 Å². The standard InChI is InChI=1S/C61H65F2N11O5S/c1-7-18-73(19-8-2)59(77)47-27-49-51(62)29-45(31-53(49)66-55(64)33-47)39-11-13-43(37-75)41(25-39)15-22-71(5)35-57-69-70-61(79-57)68-56-34-48(60(78)74(20-9-3)21-10-4)28-50-52(63)30-46(32-54(50)67-56)40-12-14-44(38-76)42(26-40)16-23-72(6)36-58-65-17-24-80-58/h11-17,22-32,37-38H,7-10,18-21,33-36H2,1-6H3,(H2,64,66)(H,67,68,70)/b22-15-,23-16-. The van der Waals surface area contributed by atoms with Crippen LogP contribution in [0.5, 0.6) is 0 Å². The number of aromatic nitrogens is 3. The van der Waals surface area contributed by atoms with Gasteiger partial charge in [0.15, 0.2) is 12.6 Å². The van der Waals surface area contributed by atoms with Crippen LogP contribution in [0.1, 0.15) is 120 Å². The number of hydrogen-bond acceptors (Lipinski definition) is 15. The Bertz CT molecular complexity index is 3440. The Labute approximate surface area is 468 Å². The summed E-state index contributed by atoms with van der Waals surface area (Å²) in [4.78, 5) is 73.2. The number of amidine groups is 2. The predicted molar refractivity (Wildman–Crippen MR) is 313 cm³/mol. The Kier molecular flexibility index (Phi) is 19.2. The van der Waals surface area contributed by atoms with Gasteiger partial charge in [0.1, 0.15) is 28.3 Å². The number of benzene rings is 4. The van der Waals surface area contributed by atoms with E-state index in [4.69, 9.17) is 15.1 Å². The zero-order chi connectivity index (χ0) is 56.9. The molecule has 2 aromatic heterocycles. The maximum absolute atomic E-state index is 16.5. The molecule has 2 aliphatic rings. The summed E-state index contributed by atoms with van der Waals surface area (Å²) < 4.78 is 38.7. The van der Waals surface area contributed by atoms with Crippen LogP contribution in [0.15, 0.2) is 110 Å². The summed E-state index contributed by atoms with van der Waals surface area (Å²) in [6, 6.07) is 16.7. The fourth-order valence-corrected chi connectivity index (χ4v) is 10.1. The monoisotopic (exact) mass is 1100 g/mol. The van der Waals surface area contributed by atoms with E-state index in [1.807, 2.05) is 63.4 Å². The summed E-state index contributed by atoms with van der Waals surface area (Å²) in [7, 11) is 3.70. The maximum Gasteiger partial charge on any atom is 0.321 e. The molecule has 0 saturated carbocycles. The van der Waals surface area contributed by atoms with Crippen LogP contribution in [0.3, 0.4) is 0 Å². The second-order valence-corrected chi connectivity index (χ2v) is 20.6. The Morgan fingerprint density at radius 1 is 0.662 bits per heavy atom. The number of thiazole rings is 1. The summed E-state index contributed by atoms with van der Waals surface area (Å²) in [5.41, 5.74) is 12.2. The van der Waals surface area contributed by atoms with Crippen LogP contribution in [0.4, 0.5) is 26.2 Å². The molecule has 16 nitrogen and oxygen atoms in total. The molecule has 0 fully saturated rings. The molecule has 0 atom stereocenters. The van der Waals surface area contributed by atoms with Gasteiger partial charge in [-0.05, 0) is 132 Å². The van der Waals surface area contributed by atoms with Crippen molar-refractivity contribution in [2.24, 2.45) is 15.7 Å². The number of carbonyl (C=O) groups excluding carboxylic acids is 4. The van der Waals surface area contributed by atoms with Crippen molar-refractivity contribution >= 4 is 89.1 Å². The highest BCUT2D eigenvalue weighted by molar-refractivity contribution is 7.09. The molecule has 8 rings (SSSR count). The van der Waals surface area contributed by atoms with Crippen molar-refractivity contribution in [1.82, 2.24) is 34.8 Å². The van der Waals surface area contributed by atoms with E-state index in [0.29, 0.717) is 94.1 Å². The fourth-order valence-electron chi connectivity index (χ4n) is 9.46. The van der Waals surface area contributed by atoms with Crippen molar-refractivity contribution in [1.29, 1.82) is 0 Å². The van der Waals surface area contributed by atoms with Gasteiger partial charge in [0.05, 0.1) is 24.5 Å². The molecule has 80 heavy (non-hydrogen) atoms. The second-order valence-electron chi connectivity index (χ2n) is 19.7. The molecular weight excluding hydrogens is 1040 g/mol. The number of anilines is 1. The first-order valence-electron chi connectivity index (χ1n) is 26.7. The van der Waals surface area contributed by atoms with Gasteiger partial charge in [0, 0.05) is 98.1 Å². The van der Waals surface area contributed by atoms with E-state index in [1.165, 1.54) is 12.1 Å². The summed E-state index contributed by atoms with van der Waals surface area (Å²) in [6.45, 7) is 10.9. The van der Waals surface area contributed by atoms with Crippen LogP contribution < -0.4 is 11.1 Å². The molecule has 0 unspecified atom stereocenters. The van der Waals surface area contributed by atoms with Crippen LogP contribution >= 0.6 is 11.3 Å². The van der Waals surface area contributed by atoms with Gasteiger partial charge in [-0.15, -0.1) is 16.4 Å². The third-order valence-corrected chi connectivity index (χ3v) is 14.0. The molecule has 2 amide bonds. The number of halogens is 2. The predicted octanol–water partition coefficient (Wildman–Crippen LogP) is 12.0. The molecular formula is C61H65F2N11O5S. The number of carbonyl (C=O) groups is 4. The van der Waals surface area contributed by atoms with E-state index in [0.717, 1.165) is 43.3 Å². The van der Waals surface area contributed by atoms with Gasteiger partial charge in [-0.1, -0.05) is 57.1 Å². The number of aldehydes is 2. The quantitative estimate of drug-likeness (QED) is 0.0577. The van der Waals surface area contributed by atoms with Crippen molar-refractivity contribution in [3.8, 4) is 22.3 Å². The first-order valence-corrected chi connectivity index (χ1v) is 27.6. The molecule has 0 bridgehead atoms. The summed E-state index contributed by atoms with van der Waals surface area (Å²) in [5.74, 6) is -0.900. The minimum atomic E-state index is -0.584. The van der Waals surface area contributed by atoms with Crippen molar-refractivity contribution in [2.75, 3.05) is 45.6 Å². The van der Waals surface area contributed by atoms with Gasteiger partial charge < -0.3 is 29.8 Å². The van der Waals surface area contributed by atoms with Crippen molar-refractivity contribution in [3.05, 3.63) is 152 Å². The molecule has 414 valence electrons. The molecule has 3 N–H and O–H groups in total. The summed E-state index contributed by atoms with van der Waals surface area (Å²) in [5, 5.41) is 14.5. The molecule has 0 saturated heterocycles. The third kappa shape index (κ3) is 14.1. The van der Waals surface area contributed by atoms with Crippen LogP contribution in [0, 0.1) is 11.6 Å². The molecule has 0 spiro atoms. The van der Waals surface area contributed by atoms with Gasteiger partial charge in [0.2, 0.25) is 17.7 Å². The van der Waals surface area contributed by atoms with Gasteiger partial charge >= 0.3 is 6.01 Å². The van der Waals surface area contributed by atoms with Crippen molar-refractivity contribution in [2.45, 2.75) is 79.3 Å². The third-order valence-electron chi connectivity index (χ3n) is 13.3. The van der Waals surface area contributed by atoms with Gasteiger partial charge in [0.25, 0.3) is 0 Å². The zero-order valence-electron chi connectivity index (χ0n) is 45.8. The minimum absolute atomic E-state index is 0.00234. The highest BCUT2D eigenvalue weighted by Crippen LogP contribution is 2.38. The first-order chi connectivity index (χ1) is 38.7. The number of aliphatic imine (C=N–C) groups is 2. The van der Waals surface area contributed by atoms with Gasteiger partial charge in [-0.2, -0.15) is 0 Å². The Balaban J connectivity index is 1.02. The van der Waals surface area contributed by atoms with E-state index in [9.17, 15) is 19.2 Å². The fraction of sp³-hybridized carbons (Fsp3) is 0.295. The number of nitrogens with two attached hydrogens (primary N) is 1. The highest BCUT2D eigenvalue weighted by atomic mass is 32.1. The maximum atomic E-state index is 16.5. The van der Waals surface area contributed by atoms with Crippen LogP contribution in [0.25, 0.3) is 46.6 Å². The Morgan fingerprint density at radius 3 is 1.68 bits per heavy atom. The molecule has 0 aliphatic carbocycles. The normalized spacial score (nSPS) is 13.1. The van der Waals surface area contributed by atoms with Crippen LogP contribution in [-0.4, -0.2) is 111 Å². The molecule has 19 heteroatoms. The molecule has 6 aromatic rings. The molecule has 4 aromatic carbocycles. The average molecular weight is 1100 g/mol. The van der Waals surface area contributed by atoms with Crippen molar-refractivity contribution < 1.29 is 32.4 Å². The summed E-state index contributed by atoms with van der Waals surface area (Å²) in [6.07, 6.45) is 16.7. The SMILES string of the molecule is CCCN(CCC)C(=O)C1=Cc2c(F)cc(-c3ccc(C=O)c(/C=C\N(C)Cc4nnc(NC5=Nc6cc(-c7ccc(C=O)c(/C=C\N(C)Cc8nccs8)c7)cc(F)c6C=C(C(=O)N(CCC)CCC)C5)o4)c3)cc2N=C(N)C1. The number of nitrogens with one attached hydrogen (secondary N) is 1. The van der Waals surface area contributed by atoms with E-state index in [-0.39, 0.29) is 71.6 Å². The number of rotatable bonds is 23. The van der Waals surface area contributed by atoms with Crippen molar-refractivity contribution in [3.63, 3.8) is 0 Å². The van der Waals surface area contributed by atoms with E-state index in [1.54, 1.807) is 106 Å². The lowest BCUT2D eigenvalue weighted by Crippen LogP contribution is -2.34. The lowest BCUT2D eigenvalue weighted by atomic mass is 9.97. The summed E-state index contributed by atoms with van der Waals surface area (Å²) >= 11 is 1.55. The lowest BCUT2D eigenvalue weighted by Gasteiger charge is -2.23. The lowest BCUT2D eigenvalue weighted by molar-refractivity contribution is -0.128. The van der Waals surface area contributed by atoms with Crippen LogP contribution in [-0.2, 0) is 22.7 Å². The Hall–Kier alpha value is -8.71. The highest BCUT2D eigenvalue weighted by Gasteiger charge is 2.26. The largest absolute Gasteiger partial charge is 0.406 e. The van der Waals surface area contributed by atoms with Gasteiger partial charge in [-0.25, -0.2) is 23.7 Å². The number of hydrogen-bond donors (Lipinski definition) is 2. The number of nitrogens with zero attached hydrogens (tertiary/aromatic N) is 9. The number of fused-ring (bicyclic) bond motifs is 2. The first kappa shape index (κ1) is 57.5. The zero-order valence-corrected chi connectivity index (χ0v) is 46.7. The molecule has 0 radical (unpaired) electrons. The second kappa shape index (κ2) is 26.8. The Morgan fingerprint density at radius 2 is 1.18 bits per heavy atom.